The summed E-state index contributed by atoms with van der Waals surface area (Å²) >= 11 is 0. The number of hydrogen-bond donors (Lipinski definition) is 1. The molecule has 0 bridgehead atoms. The van der Waals surface area contributed by atoms with Crippen molar-refractivity contribution in [3.05, 3.63) is 72.0 Å². The molecule has 7 atom stereocenters. The zero-order chi connectivity index (χ0) is 19.9. The number of hydrogen-bond acceptors (Lipinski definition) is 2. The summed E-state index contributed by atoms with van der Waals surface area (Å²) in [6, 6.07) is 9.25. The Labute approximate surface area is 170 Å². The predicted molar refractivity (Wildman–Crippen MR) is 117 cm³/mol. The number of ether oxygens (including phenoxy) is 1. The maximum Gasteiger partial charge on any atom is 0.0637 e. The van der Waals surface area contributed by atoms with Crippen molar-refractivity contribution >= 4 is 0 Å². The van der Waals surface area contributed by atoms with Gasteiger partial charge < -0.3 is 10.5 Å². The van der Waals surface area contributed by atoms with Gasteiger partial charge in [0.2, 0.25) is 0 Å². The van der Waals surface area contributed by atoms with E-state index in [9.17, 15) is 0 Å². The quantitative estimate of drug-likeness (QED) is 0.678. The van der Waals surface area contributed by atoms with Gasteiger partial charge in [0.05, 0.1) is 6.10 Å². The van der Waals surface area contributed by atoms with Crippen molar-refractivity contribution in [3.63, 3.8) is 0 Å². The Kier molecular flexibility index (Phi) is 5.26. The lowest BCUT2D eigenvalue weighted by molar-refractivity contribution is 0.112. The van der Waals surface area contributed by atoms with E-state index >= 15 is 0 Å². The SMILES string of the molecule is C=CC1C=C(N)C=CC1[C@H]1C[C@@H](C)[C@]2(CCC1c1ccc(C)cc1)CC2OC. The number of benzene rings is 1. The monoisotopic (exact) mass is 377 g/mol. The number of methoxy groups -OCH3 is 1. The molecule has 3 aliphatic rings. The maximum absolute atomic E-state index is 6.11. The van der Waals surface area contributed by atoms with Crippen LogP contribution in [0.4, 0.5) is 0 Å². The molecule has 0 amide bonds. The van der Waals surface area contributed by atoms with Crippen molar-refractivity contribution < 1.29 is 4.74 Å². The molecule has 28 heavy (non-hydrogen) atoms. The van der Waals surface area contributed by atoms with E-state index < -0.39 is 0 Å². The third-order valence-corrected chi connectivity index (χ3v) is 7.99. The third-order valence-electron chi connectivity index (χ3n) is 7.99. The van der Waals surface area contributed by atoms with Gasteiger partial charge in [0.1, 0.15) is 0 Å². The minimum absolute atomic E-state index is 0.321. The second-order valence-electron chi connectivity index (χ2n) is 9.43. The molecule has 4 rings (SSSR count). The van der Waals surface area contributed by atoms with Crippen LogP contribution >= 0.6 is 0 Å². The lowest BCUT2D eigenvalue weighted by atomic mass is 9.68. The summed E-state index contributed by atoms with van der Waals surface area (Å²) in [6.45, 7) is 8.76. The second kappa shape index (κ2) is 7.55. The minimum atomic E-state index is 0.321. The van der Waals surface area contributed by atoms with E-state index in [0.717, 1.165) is 5.70 Å². The van der Waals surface area contributed by atoms with Gasteiger partial charge >= 0.3 is 0 Å². The Morgan fingerprint density at radius 3 is 2.64 bits per heavy atom. The molecule has 2 nitrogen and oxygen atoms in total. The molecule has 0 heterocycles. The number of aryl methyl sites for hydroxylation is 1. The molecule has 0 aromatic heterocycles. The Bertz CT molecular complexity index is 776. The van der Waals surface area contributed by atoms with Gasteiger partial charge in [0.25, 0.3) is 0 Å². The summed E-state index contributed by atoms with van der Waals surface area (Å²) in [6.07, 6.45) is 14.2. The zero-order valence-electron chi connectivity index (χ0n) is 17.6. The summed E-state index contributed by atoms with van der Waals surface area (Å²) in [5, 5.41) is 0. The first-order valence-corrected chi connectivity index (χ1v) is 10.9. The first-order chi connectivity index (χ1) is 13.5. The van der Waals surface area contributed by atoms with Crippen molar-refractivity contribution in [2.24, 2.45) is 34.8 Å². The molecule has 1 aromatic rings. The molecule has 0 saturated heterocycles. The van der Waals surface area contributed by atoms with Crippen LogP contribution < -0.4 is 5.73 Å². The van der Waals surface area contributed by atoms with Crippen LogP contribution in [-0.2, 0) is 4.74 Å². The first kappa shape index (κ1) is 19.5. The molecule has 0 aliphatic heterocycles. The van der Waals surface area contributed by atoms with Gasteiger partial charge in [-0.3, -0.25) is 0 Å². The summed E-state index contributed by atoms with van der Waals surface area (Å²) in [4.78, 5) is 0. The Balaban J connectivity index is 1.69. The molecule has 4 unspecified atom stereocenters. The van der Waals surface area contributed by atoms with Crippen LogP contribution in [0.3, 0.4) is 0 Å². The average Bonchev–Trinajstić information content (AvgIpc) is 3.45. The van der Waals surface area contributed by atoms with E-state index in [1.165, 1.54) is 36.8 Å². The highest BCUT2D eigenvalue weighted by Crippen LogP contribution is 2.63. The van der Waals surface area contributed by atoms with E-state index in [4.69, 9.17) is 10.5 Å². The van der Waals surface area contributed by atoms with Crippen molar-refractivity contribution in [2.45, 2.75) is 51.6 Å². The van der Waals surface area contributed by atoms with Crippen LogP contribution in [0.1, 0.15) is 49.7 Å². The van der Waals surface area contributed by atoms with Crippen molar-refractivity contribution in [2.75, 3.05) is 7.11 Å². The fraction of sp³-hybridized carbons (Fsp3) is 0.538. The standard InChI is InChI=1S/C26H35NO/c1-5-19-15-21(27)10-11-22(19)24-14-18(3)26(16-25(26)28-4)13-12-23(24)20-8-6-17(2)7-9-20/h5-11,15,18-19,22-25H,1,12-14,16,27H2,2-4H3/t18-,19?,22?,23?,24-,25?,26+/m1/s1. The van der Waals surface area contributed by atoms with Crippen LogP contribution in [0.5, 0.6) is 0 Å². The minimum Gasteiger partial charge on any atom is -0.399 e. The van der Waals surface area contributed by atoms with Crippen LogP contribution in [0, 0.1) is 36.0 Å². The second-order valence-corrected chi connectivity index (χ2v) is 9.43. The molecule has 0 radical (unpaired) electrons. The van der Waals surface area contributed by atoms with E-state index in [1.807, 2.05) is 7.11 Å². The van der Waals surface area contributed by atoms with E-state index in [-0.39, 0.29) is 0 Å². The molecular formula is C26H35NO. The molecule has 2 saturated carbocycles. The van der Waals surface area contributed by atoms with Gasteiger partial charge in [-0.25, -0.2) is 0 Å². The fourth-order valence-corrected chi connectivity index (χ4v) is 6.12. The first-order valence-electron chi connectivity index (χ1n) is 10.9. The van der Waals surface area contributed by atoms with Gasteiger partial charge in [-0.05, 0) is 67.9 Å². The van der Waals surface area contributed by atoms with Gasteiger partial charge in [-0.2, -0.15) is 0 Å². The summed E-state index contributed by atoms with van der Waals surface area (Å²) in [7, 11) is 1.89. The number of nitrogens with two attached hydrogens (primary N) is 1. The zero-order valence-corrected chi connectivity index (χ0v) is 17.6. The lowest BCUT2D eigenvalue weighted by Gasteiger charge is -2.37. The normalized spacial score (nSPS) is 40.0. The predicted octanol–water partition coefficient (Wildman–Crippen LogP) is 5.75. The smallest absolute Gasteiger partial charge is 0.0637 e. The lowest BCUT2D eigenvalue weighted by Crippen LogP contribution is -2.29. The molecule has 3 aliphatic carbocycles. The van der Waals surface area contributed by atoms with Crippen molar-refractivity contribution in [1.82, 2.24) is 0 Å². The van der Waals surface area contributed by atoms with Crippen LogP contribution in [0.15, 0.2) is 60.8 Å². The van der Waals surface area contributed by atoms with Crippen LogP contribution in [0.25, 0.3) is 0 Å². The molecule has 2 heteroatoms. The Morgan fingerprint density at radius 1 is 1.25 bits per heavy atom. The average molecular weight is 378 g/mol. The molecular weight excluding hydrogens is 342 g/mol. The number of allylic oxidation sites excluding steroid dienone is 4. The summed E-state index contributed by atoms with van der Waals surface area (Å²) in [5.74, 6) is 2.64. The topological polar surface area (TPSA) is 35.2 Å². The van der Waals surface area contributed by atoms with Gasteiger partial charge in [0, 0.05) is 24.1 Å². The molecule has 150 valence electrons. The number of rotatable bonds is 4. The summed E-state index contributed by atoms with van der Waals surface area (Å²) < 4.78 is 5.82. The highest BCUT2D eigenvalue weighted by atomic mass is 16.5. The van der Waals surface area contributed by atoms with Crippen LogP contribution in [0.2, 0.25) is 0 Å². The Hall–Kier alpha value is -1.80. The third kappa shape index (κ3) is 3.37. The van der Waals surface area contributed by atoms with E-state index in [0.29, 0.717) is 41.1 Å². The largest absolute Gasteiger partial charge is 0.399 e. The van der Waals surface area contributed by atoms with Crippen molar-refractivity contribution in [3.8, 4) is 0 Å². The van der Waals surface area contributed by atoms with Gasteiger partial charge in [-0.1, -0.05) is 55.0 Å². The highest BCUT2D eigenvalue weighted by Gasteiger charge is 2.59. The fourth-order valence-electron chi connectivity index (χ4n) is 6.12. The van der Waals surface area contributed by atoms with E-state index in [2.05, 4.69) is 69.0 Å². The van der Waals surface area contributed by atoms with Gasteiger partial charge in [-0.15, -0.1) is 6.58 Å². The van der Waals surface area contributed by atoms with Crippen molar-refractivity contribution in [1.29, 1.82) is 0 Å². The summed E-state index contributed by atoms with van der Waals surface area (Å²) in [5.41, 5.74) is 10.2. The van der Waals surface area contributed by atoms with E-state index in [1.54, 1.807) is 0 Å². The molecule has 1 spiro atoms. The van der Waals surface area contributed by atoms with Gasteiger partial charge in [0.15, 0.2) is 0 Å². The Morgan fingerprint density at radius 2 is 2.00 bits per heavy atom. The maximum atomic E-state index is 6.11. The molecule has 2 fully saturated rings. The molecule has 1 aromatic carbocycles. The molecule has 2 N–H and O–H groups in total. The van der Waals surface area contributed by atoms with Crippen LogP contribution in [-0.4, -0.2) is 13.2 Å². The highest BCUT2D eigenvalue weighted by molar-refractivity contribution is 5.30.